The number of hydrogen-bond acceptors (Lipinski definition) is 3. The van der Waals surface area contributed by atoms with Gasteiger partial charge in [0.05, 0.1) is 11.1 Å². The van der Waals surface area contributed by atoms with Crippen molar-refractivity contribution in [2.45, 2.75) is 6.92 Å². The first-order valence-corrected chi connectivity index (χ1v) is 6.85. The number of aryl methyl sites for hydroxylation is 1. The molecule has 0 unspecified atom stereocenters. The molecule has 1 aromatic carbocycles. The Morgan fingerprint density at radius 2 is 2.22 bits per heavy atom. The molecule has 0 aliphatic heterocycles. The molecule has 3 nitrogen and oxygen atoms in total. The Hall–Kier alpha value is -1.64. The lowest BCUT2D eigenvalue weighted by molar-refractivity contribution is 0.102. The van der Waals surface area contributed by atoms with Crippen molar-refractivity contribution in [2.75, 3.05) is 5.32 Å². The lowest BCUT2D eigenvalue weighted by Gasteiger charge is -2.07. The fourth-order valence-corrected chi connectivity index (χ4v) is 2.66. The van der Waals surface area contributed by atoms with E-state index in [4.69, 9.17) is 5.26 Å². The fourth-order valence-electron chi connectivity index (χ4n) is 1.49. The highest BCUT2D eigenvalue weighted by atomic mass is 79.9. The molecule has 0 atom stereocenters. The van der Waals surface area contributed by atoms with E-state index in [1.54, 1.807) is 17.5 Å². The zero-order valence-electron chi connectivity index (χ0n) is 9.53. The topological polar surface area (TPSA) is 52.9 Å². The van der Waals surface area contributed by atoms with Gasteiger partial charge in [0, 0.05) is 4.47 Å². The van der Waals surface area contributed by atoms with Crippen molar-refractivity contribution in [2.24, 2.45) is 0 Å². The Balaban J connectivity index is 2.29. The number of carbonyl (C=O) groups excluding carboxylic acids is 1. The van der Waals surface area contributed by atoms with Crippen molar-refractivity contribution < 1.29 is 4.79 Å². The van der Waals surface area contributed by atoms with E-state index in [0.717, 1.165) is 10.0 Å². The maximum Gasteiger partial charge on any atom is 0.257 e. The van der Waals surface area contributed by atoms with Gasteiger partial charge < -0.3 is 5.32 Å². The average Bonchev–Trinajstić information content (AvgIpc) is 2.79. The molecule has 0 saturated heterocycles. The third-order valence-electron chi connectivity index (χ3n) is 2.45. The summed E-state index contributed by atoms with van der Waals surface area (Å²) in [7, 11) is 0. The molecule has 0 spiro atoms. The van der Waals surface area contributed by atoms with Crippen LogP contribution in [0.25, 0.3) is 0 Å². The van der Waals surface area contributed by atoms with Crippen LogP contribution in [0.2, 0.25) is 0 Å². The van der Waals surface area contributed by atoms with Gasteiger partial charge in [0.1, 0.15) is 11.1 Å². The Labute approximate surface area is 117 Å². The normalized spacial score (nSPS) is 9.83. The predicted molar refractivity (Wildman–Crippen MR) is 75.9 cm³/mol. The van der Waals surface area contributed by atoms with E-state index < -0.39 is 0 Å². The Morgan fingerprint density at radius 1 is 1.44 bits per heavy atom. The third kappa shape index (κ3) is 2.45. The summed E-state index contributed by atoms with van der Waals surface area (Å²) in [5, 5.41) is 14.0. The van der Waals surface area contributed by atoms with Gasteiger partial charge >= 0.3 is 0 Å². The quantitative estimate of drug-likeness (QED) is 0.911. The van der Waals surface area contributed by atoms with Gasteiger partial charge in [-0.3, -0.25) is 4.79 Å². The zero-order chi connectivity index (χ0) is 13.1. The molecule has 1 amide bonds. The average molecular weight is 321 g/mol. The summed E-state index contributed by atoms with van der Waals surface area (Å²) in [6, 6.07) is 9.22. The van der Waals surface area contributed by atoms with Crippen molar-refractivity contribution in [1.29, 1.82) is 5.26 Å². The number of anilines is 1. The van der Waals surface area contributed by atoms with Crippen LogP contribution in [0.4, 0.5) is 5.00 Å². The van der Waals surface area contributed by atoms with Crippen molar-refractivity contribution in [3.63, 3.8) is 0 Å². The SMILES string of the molecule is Cc1cccc(C(=O)Nc2sccc2C#N)c1Br. The Bertz CT molecular complexity index is 643. The summed E-state index contributed by atoms with van der Waals surface area (Å²) in [5.41, 5.74) is 2.04. The number of carbonyl (C=O) groups is 1. The number of benzene rings is 1. The van der Waals surface area contributed by atoms with Gasteiger partial charge in [-0.15, -0.1) is 11.3 Å². The predicted octanol–water partition coefficient (Wildman–Crippen LogP) is 3.94. The van der Waals surface area contributed by atoms with E-state index in [-0.39, 0.29) is 5.91 Å². The van der Waals surface area contributed by atoms with E-state index in [9.17, 15) is 4.79 Å². The van der Waals surface area contributed by atoms with Crippen LogP contribution < -0.4 is 5.32 Å². The summed E-state index contributed by atoms with van der Waals surface area (Å²) in [6.07, 6.45) is 0. The number of nitrogens with one attached hydrogen (secondary N) is 1. The van der Waals surface area contributed by atoms with E-state index in [1.165, 1.54) is 11.3 Å². The largest absolute Gasteiger partial charge is 0.312 e. The fraction of sp³-hybridized carbons (Fsp3) is 0.0769. The number of hydrogen-bond donors (Lipinski definition) is 1. The van der Waals surface area contributed by atoms with Gasteiger partial charge in [-0.25, -0.2) is 0 Å². The molecular formula is C13H9BrN2OS. The highest BCUT2D eigenvalue weighted by Gasteiger charge is 2.13. The maximum absolute atomic E-state index is 12.1. The number of nitriles is 1. The van der Waals surface area contributed by atoms with Gasteiger partial charge in [0.15, 0.2) is 0 Å². The number of halogens is 1. The first kappa shape index (κ1) is 12.8. The van der Waals surface area contributed by atoms with E-state index >= 15 is 0 Å². The van der Waals surface area contributed by atoms with Crippen LogP contribution in [-0.2, 0) is 0 Å². The summed E-state index contributed by atoms with van der Waals surface area (Å²) in [6.45, 7) is 1.92. The van der Waals surface area contributed by atoms with Crippen LogP contribution >= 0.6 is 27.3 Å². The minimum atomic E-state index is -0.218. The molecule has 1 N–H and O–H groups in total. The third-order valence-corrected chi connectivity index (χ3v) is 4.33. The van der Waals surface area contributed by atoms with Gasteiger partial charge in [-0.1, -0.05) is 12.1 Å². The van der Waals surface area contributed by atoms with Gasteiger partial charge in [-0.2, -0.15) is 5.26 Å². The van der Waals surface area contributed by atoms with Crippen LogP contribution in [0.15, 0.2) is 34.1 Å². The van der Waals surface area contributed by atoms with Crippen molar-refractivity contribution in [1.82, 2.24) is 0 Å². The van der Waals surface area contributed by atoms with E-state index in [2.05, 4.69) is 21.2 Å². The van der Waals surface area contributed by atoms with Gasteiger partial charge in [0.2, 0.25) is 0 Å². The number of amides is 1. The van der Waals surface area contributed by atoms with Crippen LogP contribution in [0.5, 0.6) is 0 Å². The molecule has 90 valence electrons. The molecule has 5 heteroatoms. The maximum atomic E-state index is 12.1. The molecule has 18 heavy (non-hydrogen) atoms. The molecule has 1 aromatic heterocycles. The minimum Gasteiger partial charge on any atom is -0.312 e. The number of thiophene rings is 1. The monoisotopic (exact) mass is 320 g/mol. The first-order chi connectivity index (χ1) is 8.63. The number of rotatable bonds is 2. The standard InChI is InChI=1S/C13H9BrN2OS/c1-8-3-2-4-10(11(8)14)12(17)16-13-9(7-15)5-6-18-13/h2-6H,1H3,(H,16,17). The lowest BCUT2D eigenvalue weighted by Crippen LogP contribution is -2.12. The molecular weight excluding hydrogens is 312 g/mol. The molecule has 1 heterocycles. The summed E-state index contributed by atoms with van der Waals surface area (Å²) in [4.78, 5) is 12.1. The molecule has 0 saturated carbocycles. The second-order valence-electron chi connectivity index (χ2n) is 3.67. The van der Waals surface area contributed by atoms with Gasteiger partial charge in [0.25, 0.3) is 5.91 Å². The summed E-state index contributed by atoms with van der Waals surface area (Å²) >= 11 is 4.74. The first-order valence-electron chi connectivity index (χ1n) is 5.17. The molecule has 2 aromatic rings. The second kappa shape index (κ2) is 5.34. The molecule has 0 aliphatic rings. The summed E-state index contributed by atoms with van der Waals surface area (Å²) < 4.78 is 0.776. The molecule has 0 bridgehead atoms. The molecule has 2 rings (SSSR count). The van der Waals surface area contributed by atoms with Crippen LogP contribution in [-0.4, -0.2) is 5.91 Å². The number of nitrogens with zero attached hydrogens (tertiary/aromatic N) is 1. The van der Waals surface area contributed by atoms with E-state index in [0.29, 0.717) is 16.1 Å². The summed E-state index contributed by atoms with van der Waals surface area (Å²) in [5.74, 6) is -0.218. The van der Waals surface area contributed by atoms with Crippen molar-refractivity contribution in [3.05, 3.63) is 50.8 Å². The zero-order valence-corrected chi connectivity index (χ0v) is 11.9. The highest BCUT2D eigenvalue weighted by molar-refractivity contribution is 9.10. The van der Waals surface area contributed by atoms with Crippen LogP contribution in [0.3, 0.4) is 0 Å². The minimum absolute atomic E-state index is 0.218. The lowest BCUT2D eigenvalue weighted by atomic mass is 10.1. The second-order valence-corrected chi connectivity index (χ2v) is 5.37. The highest BCUT2D eigenvalue weighted by Crippen LogP contribution is 2.25. The molecule has 0 aliphatic carbocycles. The van der Waals surface area contributed by atoms with Crippen LogP contribution in [0, 0.1) is 18.3 Å². The Kier molecular flexibility index (Phi) is 3.80. The van der Waals surface area contributed by atoms with Gasteiger partial charge in [-0.05, 0) is 45.9 Å². The molecule has 0 radical (unpaired) electrons. The van der Waals surface area contributed by atoms with Crippen molar-refractivity contribution >= 4 is 38.2 Å². The molecule has 0 fully saturated rings. The van der Waals surface area contributed by atoms with Crippen molar-refractivity contribution in [3.8, 4) is 6.07 Å². The van der Waals surface area contributed by atoms with E-state index in [1.807, 2.05) is 25.1 Å². The Morgan fingerprint density at radius 3 is 2.94 bits per heavy atom. The smallest absolute Gasteiger partial charge is 0.257 e. The van der Waals surface area contributed by atoms with Crippen LogP contribution in [0.1, 0.15) is 21.5 Å².